The van der Waals surface area contributed by atoms with Gasteiger partial charge in [-0.05, 0) is 49.4 Å². The average Bonchev–Trinajstić information content (AvgIpc) is 2.68. The molecule has 1 unspecified atom stereocenters. The summed E-state index contributed by atoms with van der Waals surface area (Å²) in [6.45, 7) is 5.21. The Kier molecular flexibility index (Phi) is 7.22. The summed E-state index contributed by atoms with van der Waals surface area (Å²) in [4.78, 5) is 2.40. The lowest BCUT2D eigenvalue weighted by Gasteiger charge is -2.36. The fourth-order valence-electron chi connectivity index (χ4n) is 3.87. The van der Waals surface area contributed by atoms with Crippen molar-refractivity contribution in [2.45, 2.75) is 19.3 Å². The minimum atomic E-state index is -3.41. The Morgan fingerprint density at radius 1 is 1.19 bits per heavy atom. The maximum atomic E-state index is 13.0. The Labute approximate surface area is 162 Å². The van der Waals surface area contributed by atoms with Crippen LogP contribution < -0.4 is 0 Å². The number of nitrogens with zero attached hydrogens (tertiary/aromatic N) is 3. The van der Waals surface area contributed by atoms with Crippen molar-refractivity contribution in [1.29, 1.82) is 0 Å². The zero-order valence-corrected chi connectivity index (χ0v) is 16.8. The molecule has 3 rings (SSSR count). The van der Waals surface area contributed by atoms with Gasteiger partial charge in [0.05, 0.1) is 13.2 Å². The van der Waals surface area contributed by atoms with E-state index in [0.29, 0.717) is 38.8 Å². The molecule has 1 aromatic rings. The largest absolute Gasteiger partial charge is 0.379 e. The molecule has 0 N–H and O–H groups in total. The molecule has 0 bridgehead atoms. The van der Waals surface area contributed by atoms with Crippen LogP contribution in [0.1, 0.15) is 18.4 Å². The molecule has 0 amide bonds. The van der Waals surface area contributed by atoms with Gasteiger partial charge in [0.25, 0.3) is 10.2 Å². The molecule has 8 heteroatoms. The van der Waals surface area contributed by atoms with E-state index in [0.717, 1.165) is 44.5 Å². The predicted molar refractivity (Wildman–Crippen MR) is 103 cm³/mol. The quantitative estimate of drug-likeness (QED) is 0.699. The minimum Gasteiger partial charge on any atom is -0.379 e. The standard InChI is InChI=1S/C19H30FN3O3S/c1-21(27(24,25)23-11-13-26-14-12-23)15-18-3-2-9-22(16-18)10-8-17-4-6-19(20)7-5-17/h4-7,18H,2-3,8-16H2,1H3. The highest BCUT2D eigenvalue weighted by atomic mass is 32.2. The van der Waals surface area contributed by atoms with Gasteiger partial charge in [0.2, 0.25) is 0 Å². The number of piperidine rings is 1. The molecule has 2 aliphatic heterocycles. The van der Waals surface area contributed by atoms with Gasteiger partial charge in [0, 0.05) is 39.8 Å². The van der Waals surface area contributed by atoms with Crippen LogP contribution in [0.25, 0.3) is 0 Å². The summed E-state index contributed by atoms with van der Waals surface area (Å²) in [5, 5.41) is 0. The number of morpholine rings is 1. The highest BCUT2D eigenvalue weighted by molar-refractivity contribution is 7.86. The highest BCUT2D eigenvalue weighted by Crippen LogP contribution is 2.20. The number of likely N-dealkylation sites (tertiary alicyclic amines) is 1. The second-order valence-electron chi connectivity index (χ2n) is 7.49. The third-order valence-electron chi connectivity index (χ3n) is 5.44. The van der Waals surface area contributed by atoms with Gasteiger partial charge in [0.1, 0.15) is 5.82 Å². The van der Waals surface area contributed by atoms with Crippen LogP contribution in [0.2, 0.25) is 0 Å². The molecular weight excluding hydrogens is 369 g/mol. The molecule has 0 aromatic heterocycles. The molecule has 0 spiro atoms. The molecule has 6 nitrogen and oxygen atoms in total. The third-order valence-corrected chi connectivity index (χ3v) is 7.39. The number of benzene rings is 1. The minimum absolute atomic E-state index is 0.207. The van der Waals surface area contributed by atoms with Crippen molar-refractivity contribution in [3.05, 3.63) is 35.6 Å². The van der Waals surface area contributed by atoms with Gasteiger partial charge in [-0.25, -0.2) is 4.39 Å². The van der Waals surface area contributed by atoms with Crippen LogP contribution in [0, 0.1) is 11.7 Å². The van der Waals surface area contributed by atoms with Crippen molar-refractivity contribution in [1.82, 2.24) is 13.5 Å². The topological polar surface area (TPSA) is 53.1 Å². The molecule has 152 valence electrons. The van der Waals surface area contributed by atoms with Crippen molar-refractivity contribution < 1.29 is 17.5 Å². The number of hydrogen-bond donors (Lipinski definition) is 0. The van der Waals surface area contributed by atoms with Crippen molar-refractivity contribution >= 4 is 10.2 Å². The first kappa shape index (κ1) is 20.7. The fourth-order valence-corrected chi connectivity index (χ4v) is 5.28. The van der Waals surface area contributed by atoms with E-state index in [2.05, 4.69) is 4.90 Å². The predicted octanol–water partition coefficient (Wildman–Crippen LogP) is 1.59. The molecular formula is C19H30FN3O3S. The van der Waals surface area contributed by atoms with E-state index >= 15 is 0 Å². The van der Waals surface area contributed by atoms with Crippen LogP contribution in [0.5, 0.6) is 0 Å². The van der Waals surface area contributed by atoms with Crippen molar-refractivity contribution in [2.75, 3.05) is 59.5 Å². The second-order valence-corrected chi connectivity index (χ2v) is 9.52. The SMILES string of the molecule is CN(CC1CCCN(CCc2ccc(F)cc2)C1)S(=O)(=O)N1CCOCC1. The maximum absolute atomic E-state index is 13.0. The van der Waals surface area contributed by atoms with E-state index < -0.39 is 10.2 Å². The average molecular weight is 400 g/mol. The summed E-state index contributed by atoms with van der Waals surface area (Å²) in [7, 11) is -1.72. The number of rotatable bonds is 7. The molecule has 2 heterocycles. The van der Waals surface area contributed by atoms with Crippen molar-refractivity contribution in [3.8, 4) is 0 Å². The molecule has 2 aliphatic rings. The van der Waals surface area contributed by atoms with Crippen LogP contribution >= 0.6 is 0 Å². The van der Waals surface area contributed by atoms with E-state index in [1.165, 1.54) is 20.7 Å². The number of hydrogen-bond acceptors (Lipinski definition) is 4. The lowest BCUT2D eigenvalue weighted by atomic mass is 9.97. The van der Waals surface area contributed by atoms with E-state index in [4.69, 9.17) is 4.74 Å². The Hall–Kier alpha value is -1.06. The van der Waals surface area contributed by atoms with Gasteiger partial charge in [-0.1, -0.05) is 12.1 Å². The zero-order valence-electron chi connectivity index (χ0n) is 16.0. The Bertz CT molecular complexity index is 693. The number of ether oxygens (including phenoxy) is 1. The van der Waals surface area contributed by atoms with Gasteiger partial charge < -0.3 is 9.64 Å². The molecule has 0 saturated carbocycles. The van der Waals surface area contributed by atoms with Crippen LogP contribution in [-0.4, -0.2) is 81.5 Å². The summed E-state index contributed by atoms with van der Waals surface area (Å²) < 4.78 is 46.8. The smallest absolute Gasteiger partial charge is 0.281 e. The van der Waals surface area contributed by atoms with Gasteiger partial charge >= 0.3 is 0 Å². The molecule has 0 radical (unpaired) electrons. The van der Waals surface area contributed by atoms with Crippen LogP contribution in [0.3, 0.4) is 0 Å². The summed E-state index contributed by atoms with van der Waals surface area (Å²) in [6, 6.07) is 6.67. The fraction of sp³-hybridized carbons (Fsp3) is 0.684. The number of halogens is 1. The summed E-state index contributed by atoms with van der Waals surface area (Å²) in [5.74, 6) is 0.133. The van der Waals surface area contributed by atoms with E-state index in [9.17, 15) is 12.8 Å². The first-order chi connectivity index (χ1) is 12.9. The summed E-state index contributed by atoms with van der Waals surface area (Å²) >= 11 is 0. The first-order valence-corrected chi connectivity index (χ1v) is 11.1. The normalized spacial score (nSPS) is 23.0. The molecule has 0 aliphatic carbocycles. The third kappa shape index (κ3) is 5.71. The molecule has 2 fully saturated rings. The monoisotopic (exact) mass is 399 g/mol. The molecule has 27 heavy (non-hydrogen) atoms. The van der Waals surface area contributed by atoms with Crippen LogP contribution in [0.15, 0.2) is 24.3 Å². The lowest BCUT2D eigenvalue weighted by molar-refractivity contribution is 0.0698. The lowest BCUT2D eigenvalue weighted by Crippen LogP contribution is -2.49. The van der Waals surface area contributed by atoms with E-state index in [1.807, 2.05) is 12.1 Å². The van der Waals surface area contributed by atoms with Crippen LogP contribution in [0.4, 0.5) is 4.39 Å². The molecule has 1 atom stereocenters. The first-order valence-electron chi connectivity index (χ1n) is 9.71. The highest BCUT2D eigenvalue weighted by Gasteiger charge is 2.31. The second kappa shape index (κ2) is 9.43. The van der Waals surface area contributed by atoms with Gasteiger partial charge in [-0.2, -0.15) is 17.0 Å². The summed E-state index contributed by atoms with van der Waals surface area (Å²) in [6.07, 6.45) is 3.02. The molecule has 2 saturated heterocycles. The Balaban J connectivity index is 1.49. The Morgan fingerprint density at radius 2 is 1.89 bits per heavy atom. The van der Waals surface area contributed by atoms with Crippen LogP contribution in [-0.2, 0) is 21.4 Å². The maximum Gasteiger partial charge on any atom is 0.281 e. The van der Waals surface area contributed by atoms with Gasteiger partial charge in [0.15, 0.2) is 0 Å². The van der Waals surface area contributed by atoms with E-state index in [-0.39, 0.29) is 5.82 Å². The van der Waals surface area contributed by atoms with E-state index in [1.54, 1.807) is 7.05 Å². The zero-order chi connectivity index (χ0) is 19.3. The molecule has 1 aromatic carbocycles. The van der Waals surface area contributed by atoms with Crippen molar-refractivity contribution in [2.24, 2.45) is 5.92 Å². The van der Waals surface area contributed by atoms with Gasteiger partial charge in [-0.15, -0.1) is 0 Å². The van der Waals surface area contributed by atoms with Gasteiger partial charge in [-0.3, -0.25) is 0 Å². The summed E-state index contributed by atoms with van der Waals surface area (Å²) in [5.41, 5.74) is 1.13. The van der Waals surface area contributed by atoms with Crippen molar-refractivity contribution in [3.63, 3.8) is 0 Å². The Morgan fingerprint density at radius 3 is 2.59 bits per heavy atom.